The molecule has 0 fully saturated rings. The Kier molecular flexibility index (Phi) is 6.04. The number of hydrogen-bond donors (Lipinski definition) is 1. The second kappa shape index (κ2) is 7.06. The van der Waals surface area contributed by atoms with E-state index in [2.05, 4.69) is 17.2 Å². The molecular formula is C11H21N3O2S2. The Balaban J connectivity index is 2.39. The molecule has 1 aromatic heterocycles. The van der Waals surface area contributed by atoms with E-state index in [0.717, 1.165) is 29.5 Å². The normalized spacial score (nSPS) is 12.0. The molecule has 0 spiro atoms. The summed E-state index contributed by atoms with van der Waals surface area (Å²) in [6.07, 6.45) is 4.18. The lowest BCUT2D eigenvalue weighted by Gasteiger charge is -2.14. The van der Waals surface area contributed by atoms with E-state index >= 15 is 0 Å². The standard InChI is InChI=1S/C11H21N3O2S2/c1-4-5-12-11-13-8-10(17-11)9-14(2)6-7-18(3,15)16/h8H,4-7,9H2,1-3H3,(H,12,13). The highest BCUT2D eigenvalue weighted by molar-refractivity contribution is 7.90. The van der Waals surface area contributed by atoms with E-state index in [4.69, 9.17) is 0 Å². The first kappa shape index (κ1) is 15.4. The van der Waals surface area contributed by atoms with Crippen LogP contribution in [0.5, 0.6) is 0 Å². The summed E-state index contributed by atoms with van der Waals surface area (Å²) in [6, 6.07) is 0. The highest BCUT2D eigenvalue weighted by Crippen LogP contribution is 2.19. The van der Waals surface area contributed by atoms with Crippen molar-refractivity contribution >= 4 is 26.3 Å². The molecule has 104 valence electrons. The maximum Gasteiger partial charge on any atom is 0.182 e. The van der Waals surface area contributed by atoms with Crippen LogP contribution in [0.3, 0.4) is 0 Å². The van der Waals surface area contributed by atoms with Crippen LogP contribution in [-0.2, 0) is 16.4 Å². The monoisotopic (exact) mass is 291 g/mol. The molecule has 0 aliphatic heterocycles. The van der Waals surface area contributed by atoms with Gasteiger partial charge < -0.3 is 10.2 Å². The van der Waals surface area contributed by atoms with Crippen LogP contribution in [0.2, 0.25) is 0 Å². The zero-order valence-electron chi connectivity index (χ0n) is 11.1. The van der Waals surface area contributed by atoms with Crippen LogP contribution < -0.4 is 5.32 Å². The molecule has 7 heteroatoms. The number of hydrogen-bond acceptors (Lipinski definition) is 6. The zero-order valence-corrected chi connectivity index (χ0v) is 12.8. The van der Waals surface area contributed by atoms with Gasteiger partial charge in [-0.05, 0) is 13.5 Å². The van der Waals surface area contributed by atoms with Crippen molar-refractivity contribution in [2.45, 2.75) is 19.9 Å². The maximum absolute atomic E-state index is 11.1. The van der Waals surface area contributed by atoms with E-state index in [1.807, 2.05) is 18.1 Å². The van der Waals surface area contributed by atoms with E-state index in [9.17, 15) is 8.42 Å². The average molecular weight is 291 g/mol. The van der Waals surface area contributed by atoms with Gasteiger partial charge >= 0.3 is 0 Å². The topological polar surface area (TPSA) is 62.3 Å². The van der Waals surface area contributed by atoms with Crippen LogP contribution in [0, 0.1) is 0 Å². The summed E-state index contributed by atoms with van der Waals surface area (Å²) in [5.41, 5.74) is 0. The number of aromatic nitrogens is 1. The van der Waals surface area contributed by atoms with E-state index in [1.54, 1.807) is 11.3 Å². The van der Waals surface area contributed by atoms with Crippen molar-refractivity contribution in [2.24, 2.45) is 0 Å². The van der Waals surface area contributed by atoms with Crippen LogP contribution in [0.15, 0.2) is 6.20 Å². The fourth-order valence-electron chi connectivity index (χ4n) is 1.36. The van der Waals surface area contributed by atoms with Gasteiger partial charge in [0.15, 0.2) is 5.13 Å². The highest BCUT2D eigenvalue weighted by atomic mass is 32.2. The summed E-state index contributed by atoms with van der Waals surface area (Å²) >= 11 is 1.62. The lowest BCUT2D eigenvalue weighted by atomic mass is 10.5. The Hall–Kier alpha value is -0.660. The van der Waals surface area contributed by atoms with Crippen LogP contribution in [-0.4, -0.2) is 50.4 Å². The number of rotatable bonds is 8. The van der Waals surface area contributed by atoms with Gasteiger partial charge in [0, 0.05) is 37.0 Å². The van der Waals surface area contributed by atoms with Gasteiger partial charge in [0.25, 0.3) is 0 Å². The molecule has 0 amide bonds. The molecule has 0 saturated heterocycles. The van der Waals surface area contributed by atoms with E-state index in [-0.39, 0.29) is 5.75 Å². The van der Waals surface area contributed by atoms with Crippen molar-refractivity contribution in [1.29, 1.82) is 0 Å². The van der Waals surface area contributed by atoms with Crippen molar-refractivity contribution in [3.05, 3.63) is 11.1 Å². The molecule has 0 atom stereocenters. The molecule has 0 bridgehead atoms. The van der Waals surface area contributed by atoms with Gasteiger partial charge in [-0.25, -0.2) is 13.4 Å². The molecule has 18 heavy (non-hydrogen) atoms. The first-order valence-electron chi connectivity index (χ1n) is 5.95. The number of thiazole rings is 1. The SMILES string of the molecule is CCCNc1ncc(CN(C)CCS(C)(=O)=O)s1. The average Bonchev–Trinajstić information content (AvgIpc) is 2.70. The number of nitrogens with zero attached hydrogens (tertiary/aromatic N) is 2. The van der Waals surface area contributed by atoms with E-state index < -0.39 is 9.84 Å². The third kappa shape index (κ3) is 6.32. The summed E-state index contributed by atoms with van der Waals surface area (Å²) in [7, 11) is -0.964. The Morgan fingerprint density at radius 1 is 1.50 bits per heavy atom. The molecule has 1 heterocycles. The van der Waals surface area contributed by atoms with Crippen LogP contribution in [0.1, 0.15) is 18.2 Å². The quantitative estimate of drug-likeness (QED) is 0.785. The second-order valence-electron chi connectivity index (χ2n) is 4.43. The summed E-state index contributed by atoms with van der Waals surface area (Å²) in [5, 5.41) is 4.17. The Morgan fingerprint density at radius 2 is 2.22 bits per heavy atom. The van der Waals surface area contributed by atoms with Crippen LogP contribution in [0.25, 0.3) is 0 Å². The van der Waals surface area contributed by atoms with Gasteiger partial charge in [0.05, 0.1) is 5.75 Å². The van der Waals surface area contributed by atoms with Crippen LogP contribution in [0.4, 0.5) is 5.13 Å². The first-order chi connectivity index (χ1) is 8.40. The fraction of sp³-hybridized carbons (Fsp3) is 0.727. The summed E-state index contributed by atoms with van der Waals surface area (Å²) in [4.78, 5) is 7.42. The van der Waals surface area contributed by atoms with Gasteiger partial charge in [-0.1, -0.05) is 6.92 Å². The number of anilines is 1. The minimum absolute atomic E-state index is 0.198. The Bertz CT molecular complexity index is 457. The third-order valence-corrected chi connectivity index (χ3v) is 4.21. The molecule has 0 aromatic carbocycles. The van der Waals surface area contributed by atoms with Crippen LogP contribution >= 0.6 is 11.3 Å². The van der Waals surface area contributed by atoms with Crippen molar-refractivity contribution in [3.8, 4) is 0 Å². The van der Waals surface area contributed by atoms with E-state index in [1.165, 1.54) is 6.26 Å². The van der Waals surface area contributed by atoms with Gasteiger partial charge in [-0.2, -0.15) is 0 Å². The lowest BCUT2D eigenvalue weighted by molar-refractivity contribution is 0.349. The van der Waals surface area contributed by atoms with Crippen molar-refractivity contribution < 1.29 is 8.42 Å². The fourth-order valence-corrected chi connectivity index (χ4v) is 2.92. The molecule has 0 aliphatic carbocycles. The number of nitrogens with one attached hydrogen (secondary N) is 1. The lowest BCUT2D eigenvalue weighted by Crippen LogP contribution is -2.24. The molecule has 1 rings (SSSR count). The predicted octanol–water partition coefficient (Wildman–Crippen LogP) is 1.44. The molecule has 1 aromatic rings. The maximum atomic E-state index is 11.1. The van der Waals surface area contributed by atoms with Gasteiger partial charge in [-0.15, -0.1) is 11.3 Å². The number of sulfone groups is 1. The van der Waals surface area contributed by atoms with Crippen molar-refractivity contribution in [2.75, 3.05) is 37.5 Å². The van der Waals surface area contributed by atoms with Crippen molar-refractivity contribution in [3.63, 3.8) is 0 Å². The summed E-state index contributed by atoms with van der Waals surface area (Å²) in [5.74, 6) is 0.198. The molecule has 0 aliphatic rings. The largest absolute Gasteiger partial charge is 0.362 e. The minimum atomic E-state index is -2.88. The summed E-state index contributed by atoms with van der Waals surface area (Å²) < 4.78 is 22.1. The first-order valence-corrected chi connectivity index (χ1v) is 8.83. The molecule has 0 radical (unpaired) electrons. The van der Waals surface area contributed by atoms with Gasteiger partial charge in [0.1, 0.15) is 9.84 Å². The predicted molar refractivity (Wildman–Crippen MR) is 76.9 cm³/mol. The zero-order chi connectivity index (χ0) is 13.6. The minimum Gasteiger partial charge on any atom is -0.362 e. The summed E-state index contributed by atoms with van der Waals surface area (Å²) in [6.45, 7) is 4.33. The Labute approximate surface area is 113 Å². The third-order valence-electron chi connectivity index (χ3n) is 2.35. The molecule has 0 unspecified atom stereocenters. The van der Waals surface area contributed by atoms with Gasteiger partial charge in [-0.3, -0.25) is 0 Å². The molecule has 1 N–H and O–H groups in total. The molecule has 5 nitrogen and oxygen atoms in total. The van der Waals surface area contributed by atoms with Gasteiger partial charge in [0.2, 0.25) is 0 Å². The second-order valence-corrected chi connectivity index (χ2v) is 7.80. The smallest absolute Gasteiger partial charge is 0.182 e. The van der Waals surface area contributed by atoms with E-state index in [0.29, 0.717) is 6.54 Å². The van der Waals surface area contributed by atoms with Crippen molar-refractivity contribution in [1.82, 2.24) is 9.88 Å². The molecular weight excluding hydrogens is 270 g/mol. The molecule has 0 saturated carbocycles. The highest BCUT2D eigenvalue weighted by Gasteiger charge is 2.08. The Morgan fingerprint density at radius 3 is 2.83 bits per heavy atom.